The third-order valence-corrected chi connectivity index (χ3v) is 4.58. The van der Waals surface area contributed by atoms with Crippen LogP contribution in [0, 0.1) is 0 Å². The van der Waals surface area contributed by atoms with E-state index in [-0.39, 0.29) is 6.04 Å². The molecule has 0 saturated carbocycles. The van der Waals surface area contributed by atoms with Crippen LogP contribution >= 0.6 is 27.3 Å². The molecule has 0 fully saturated rings. The number of hydrogen-bond acceptors (Lipinski definition) is 4. The summed E-state index contributed by atoms with van der Waals surface area (Å²) in [6, 6.07) is 2.15. The van der Waals surface area contributed by atoms with E-state index in [0.29, 0.717) is 6.54 Å². The van der Waals surface area contributed by atoms with E-state index in [9.17, 15) is 0 Å². The molecule has 1 atom stereocenters. The van der Waals surface area contributed by atoms with E-state index >= 15 is 0 Å². The maximum Gasteiger partial charge on any atom is 0.131 e. The first-order valence-corrected chi connectivity index (χ1v) is 7.21. The Bertz CT molecular complexity index is 480. The van der Waals surface area contributed by atoms with Crippen molar-refractivity contribution in [2.24, 2.45) is 0 Å². The first kappa shape index (κ1) is 12.8. The molecule has 1 unspecified atom stereocenters. The number of rotatable bonds is 5. The molecular formula is C12H15BrN2OS. The highest BCUT2D eigenvalue weighted by Gasteiger charge is 2.11. The van der Waals surface area contributed by atoms with Crippen molar-refractivity contribution < 1.29 is 4.42 Å². The van der Waals surface area contributed by atoms with Crippen LogP contribution in [0.3, 0.4) is 0 Å². The van der Waals surface area contributed by atoms with E-state index in [4.69, 9.17) is 4.42 Å². The average Bonchev–Trinajstić information content (AvgIpc) is 2.94. The van der Waals surface area contributed by atoms with E-state index in [1.807, 2.05) is 12.3 Å². The maximum atomic E-state index is 5.35. The fourth-order valence-electron chi connectivity index (χ4n) is 1.47. The number of halogens is 1. The number of aromatic nitrogens is 1. The van der Waals surface area contributed by atoms with Crippen LogP contribution in [0.25, 0.3) is 0 Å². The molecular weight excluding hydrogens is 300 g/mol. The molecule has 0 aliphatic carbocycles. The third kappa shape index (κ3) is 3.18. The highest BCUT2D eigenvalue weighted by Crippen LogP contribution is 2.22. The fraction of sp³-hybridized carbons (Fsp3) is 0.417. The summed E-state index contributed by atoms with van der Waals surface area (Å²) in [6.07, 6.45) is 4.69. The van der Waals surface area contributed by atoms with Gasteiger partial charge in [0.25, 0.3) is 0 Å². The Labute approximate surface area is 113 Å². The molecule has 0 saturated heterocycles. The molecule has 0 radical (unpaired) electrons. The van der Waals surface area contributed by atoms with Gasteiger partial charge >= 0.3 is 0 Å². The van der Waals surface area contributed by atoms with Crippen molar-refractivity contribution in [2.45, 2.75) is 32.9 Å². The standard InChI is InChI=1S/C12H15BrN2OS/c1-3-9-6-15-12(17-9)8(2)14-7-11-10(13)4-5-16-11/h4-6,8,14H,3,7H2,1-2H3. The van der Waals surface area contributed by atoms with Crippen LogP contribution in [0.15, 0.2) is 27.4 Å². The van der Waals surface area contributed by atoms with Crippen LogP contribution in [0.4, 0.5) is 0 Å². The lowest BCUT2D eigenvalue weighted by molar-refractivity contribution is 0.458. The molecule has 2 aromatic heterocycles. The predicted molar refractivity (Wildman–Crippen MR) is 73.2 cm³/mol. The van der Waals surface area contributed by atoms with Crippen LogP contribution in [0.1, 0.15) is 35.5 Å². The Balaban J connectivity index is 1.93. The van der Waals surface area contributed by atoms with Crippen molar-refractivity contribution in [2.75, 3.05) is 0 Å². The second kappa shape index (κ2) is 5.80. The van der Waals surface area contributed by atoms with Crippen molar-refractivity contribution in [3.05, 3.63) is 38.6 Å². The summed E-state index contributed by atoms with van der Waals surface area (Å²) in [5, 5.41) is 4.53. The molecule has 0 bridgehead atoms. The average molecular weight is 315 g/mol. The van der Waals surface area contributed by atoms with Crippen LogP contribution < -0.4 is 5.32 Å². The second-order valence-corrected chi connectivity index (χ2v) is 5.81. The molecule has 0 aliphatic rings. The molecule has 0 spiro atoms. The zero-order valence-corrected chi connectivity index (χ0v) is 12.3. The SMILES string of the molecule is CCc1cnc(C(C)NCc2occc2Br)s1. The van der Waals surface area contributed by atoms with Gasteiger partial charge in [-0.25, -0.2) is 4.98 Å². The topological polar surface area (TPSA) is 38.1 Å². The van der Waals surface area contributed by atoms with Gasteiger partial charge in [0.15, 0.2) is 0 Å². The molecule has 2 heterocycles. The van der Waals surface area contributed by atoms with Gasteiger partial charge < -0.3 is 9.73 Å². The predicted octanol–water partition coefficient (Wildman–Crippen LogP) is 3.91. The summed E-state index contributed by atoms with van der Waals surface area (Å²) in [5.41, 5.74) is 0. The summed E-state index contributed by atoms with van der Waals surface area (Å²) in [5.74, 6) is 0.920. The highest BCUT2D eigenvalue weighted by atomic mass is 79.9. The summed E-state index contributed by atoms with van der Waals surface area (Å²) in [7, 11) is 0. The molecule has 0 aromatic carbocycles. The minimum Gasteiger partial charge on any atom is -0.467 e. The van der Waals surface area contributed by atoms with Crippen LogP contribution in [-0.2, 0) is 13.0 Å². The third-order valence-electron chi connectivity index (χ3n) is 2.55. The fourth-order valence-corrected chi connectivity index (χ4v) is 2.70. The van der Waals surface area contributed by atoms with Crippen LogP contribution in [0.2, 0.25) is 0 Å². The normalized spacial score (nSPS) is 12.9. The number of nitrogens with one attached hydrogen (secondary N) is 1. The van der Waals surface area contributed by atoms with Gasteiger partial charge in [-0.05, 0) is 35.3 Å². The zero-order chi connectivity index (χ0) is 12.3. The lowest BCUT2D eigenvalue weighted by Gasteiger charge is -2.09. The van der Waals surface area contributed by atoms with Gasteiger partial charge in [0.2, 0.25) is 0 Å². The molecule has 3 nitrogen and oxygen atoms in total. The zero-order valence-electron chi connectivity index (χ0n) is 9.87. The summed E-state index contributed by atoms with van der Waals surface area (Å²) >= 11 is 5.21. The van der Waals surface area contributed by atoms with Gasteiger partial charge in [-0.2, -0.15) is 0 Å². The Hall–Kier alpha value is -0.650. The Morgan fingerprint density at radius 1 is 1.59 bits per heavy atom. The molecule has 92 valence electrons. The van der Waals surface area contributed by atoms with Crippen LogP contribution in [-0.4, -0.2) is 4.98 Å². The quantitative estimate of drug-likeness (QED) is 0.909. The number of thiazole rings is 1. The number of hydrogen-bond donors (Lipinski definition) is 1. The smallest absolute Gasteiger partial charge is 0.131 e. The van der Waals surface area contributed by atoms with E-state index in [1.165, 1.54) is 4.88 Å². The summed E-state index contributed by atoms with van der Waals surface area (Å²) in [4.78, 5) is 5.75. The van der Waals surface area contributed by atoms with Gasteiger partial charge in [-0.15, -0.1) is 11.3 Å². The van der Waals surface area contributed by atoms with E-state index in [2.05, 4.69) is 40.1 Å². The van der Waals surface area contributed by atoms with E-state index in [1.54, 1.807) is 17.6 Å². The number of furan rings is 1. The molecule has 0 aliphatic heterocycles. The largest absolute Gasteiger partial charge is 0.467 e. The van der Waals surface area contributed by atoms with Gasteiger partial charge in [0, 0.05) is 11.1 Å². The molecule has 1 N–H and O–H groups in total. The van der Waals surface area contributed by atoms with Crippen molar-refractivity contribution in [1.29, 1.82) is 0 Å². The van der Waals surface area contributed by atoms with Crippen molar-refractivity contribution >= 4 is 27.3 Å². The van der Waals surface area contributed by atoms with E-state index < -0.39 is 0 Å². The highest BCUT2D eigenvalue weighted by molar-refractivity contribution is 9.10. The minimum atomic E-state index is 0.247. The lowest BCUT2D eigenvalue weighted by atomic mass is 10.3. The van der Waals surface area contributed by atoms with Gasteiger partial charge in [-0.1, -0.05) is 6.92 Å². The summed E-state index contributed by atoms with van der Waals surface area (Å²) < 4.78 is 6.36. The molecule has 2 aromatic rings. The van der Waals surface area contributed by atoms with Crippen LogP contribution in [0.5, 0.6) is 0 Å². The first-order chi connectivity index (χ1) is 8.20. The molecule has 0 amide bonds. The van der Waals surface area contributed by atoms with Crippen molar-refractivity contribution in [1.82, 2.24) is 10.3 Å². The van der Waals surface area contributed by atoms with Gasteiger partial charge in [0.1, 0.15) is 10.8 Å². The van der Waals surface area contributed by atoms with Crippen molar-refractivity contribution in [3.63, 3.8) is 0 Å². The first-order valence-electron chi connectivity index (χ1n) is 5.60. The van der Waals surface area contributed by atoms with Crippen molar-refractivity contribution in [3.8, 4) is 0 Å². The maximum absolute atomic E-state index is 5.35. The second-order valence-electron chi connectivity index (χ2n) is 3.81. The van der Waals surface area contributed by atoms with Gasteiger partial charge in [-0.3, -0.25) is 0 Å². The number of aryl methyl sites for hydroxylation is 1. The van der Waals surface area contributed by atoms with E-state index in [0.717, 1.165) is 21.7 Å². The Kier molecular flexibility index (Phi) is 4.36. The lowest BCUT2D eigenvalue weighted by Crippen LogP contribution is -2.17. The Morgan fingerprint density at radius 3 is 3.00 bits per heavy atom. The number of nitrogens with zero attached hydrogens (tertiary/aromatic N) is 1. The minimum absolute atomic E-state index is 0.247. The summed E-state index contributed by atoms with van der Waals surface area (Å²) in [6.45, 7) is 4.97. The van der Waals surface area contributed by atoms with Gasteiger partial charge in [0.05, 0.1) is 23.3 Å². The Morgan fingerprint density at radius 2 is 2.41 bits per heavy atom. The molecule has 17 heavy (non-hydrogen) atoms. The molecule has 5 heteroatoms. The molecule has 2 rings (SSSR count). The monoisotopic (exact) mass is 314 g/mol.